The molecular weight excluding hydrogens is 270 g/mol. The van der Waals surface area contributed by atoms with Gasteiger partial charge in [-0.15, -0.1) is 0 Å². The van der Waals surface area contributed by atoms with Gasteiger partial charge in [-0.3, -0.25) is 0 Å². The first kappa shape index (κ1) is 13.9. The summed E-state index contributed by atoms with van der Waals surface area (Å²) >= 11 is 0. The molecule has 2 heterocycles. The van der Waals surface area contributed by atoms with Crippen molar-refractivity contribution >= 4 is 16.0 Å². The van der Waals surface area contributed by atoms with E-state index >= 15 is 0 Å². The Balaban J connectivity index is 2.12. The summed E-state index contributed by atoms with van der Waals surface area (Å²) in [4.78, 5) is 14.4. The van der Waals surface area contributed by atoms with Crippen LogP contribution in [0.25, 0.3) is 0 Å². The fourth-order valence-electron chi connectivity index (χ4n) is 1.89. The van der Waals surface area contributed by atoms with E-state index in [0.29, 0.717) is 0 Å². The van der Waals surface area contributed by atoms with Crippen LogP contribution in [0.3, 0.4) is 0 Å². The van der Waals surface area contributed by atoms with Crippen LogP contribution in [0.1, 0.15) is 23.2 Å². The van der Waals surface area contributed by atoms with Gasteiger partial charge < -0.3 is 10.4 Å². The molecule has 0 aliphatic carbocycles. The number of carbonyl (C=O) groups is 1. The first-order chi connectivity index (χ1) is 8.99. The van der Waals surface area contributed by atoms with Crippen LogP contribution in [0.15, 0.2) is 23.4 Å². The monoisotopic (exact) mass is 285 g/mol. The van der Waals surface area contributed by atoms with E-state index in [1.165, 1.54) is 12.1 Å². The van der Waals surface area contributed by atoms with Crippen LogP contribution in [0.2, 0.25) is 0 Å². The molecule has 2 rings (SSSR count). The lowest BCUT2D eigenvalue weighted by molar-refractivity contribution is 0.0696. The van der Waals surface area contributed by atoms with Crippen LogP contribution in [0.5, 0.6) is 0 Å². The first-order valence-corrected chi connectivity index (χ1v) is 7.40. The van der Waals surface area contributed by atoms with Gasteiger partial charge in [0.1, 0.15) is 0 Å². The molecule has 1 fully saturated rings. The van der Waals surface area contributed by atoms with Gasteiger partial charge in [0.05, 0.1) is 5.56 Å². The number of rotatable bonds is 4. The van der Waals surface area contributed by atoms with Gasteiger partial charge in [0.15, 0.2) is 5.03 Å². The first-order valence-electron chi connectivity index (χ1n) is 5.91. The highest BCUT2D eigenvalue weighted by Crippen LogP contribution is 2.10. The van der Waals surface area contributed by atoms with Gasteiger partial charge in [0.25, 0.3) is 10.0 Å². The van der Waals surface area contributed by atoms with Crippen molar-refractivity contribution in [3.63, 3.8) is 0 Å². The Bertz CT molecular complexity index is 550. The molecule has 19 heavy (non-hydrogen) atoms. The zero-order valence-electron chi connectivity index (χ0n) is 10.2. The molecule has 1 aromatic rings. The zero-order valence-corrected chi connectivity index (χ0v) is 11.0. The number of nitrogens with zero attached hydrogens (tertiary/aromatic N) is 1. The molecule has 0 amide bonds. The van der Waals surface area contributed by atoms with Gasteiger partial charge >= 0.3 is 5.97 Å². The number of pyridine rings is 1. The van der Waals surface area contributed by atoms with Gasteiger partial charge in [0.2, 0.25) is 0 Å². The van der Waals surface area contributed by atoms with E-state index in [2.05, 4.69) is 15.0 Å². The molecule has 0 radical (unpaired) electrons. The second-order valence-electron chi connectivity index (χ2n) is 4.34. The summed E-state index contributed by atoms with van der Waals surface area (Å²) < 4.78 is 26.7. The zero-order chi connectivity index (χ0) is 13.9. The van der Waals surface area contributed by atoms with E-state index in [9.17, 15) is 13.2 Å². The number of carboxylic acids is 1. The topological polar surface area (TPSA) is 108 Å². The van der Waals surface area contributed by atoms with Gasteiger partial charge in [-0.2, -0.15) is 0 Å². The van der Waals surface area contributed by atoms with Crippen molar-refractivity contribution in [2.45, 2.75) is 23.9 Å². The van der Waals surface area contributed by atoms with E-state index < -0.39 is 16.0 Å². The number of carboxylic acid groups (broad SMARTS) is 1. The summed E-state index contributed by atoms with van der Waals surface area (Å²) in [5.41, 5.74) is -0.0409. The minimum absolute atomic E-state index is 0.0409. The van der Waals surface area contributed by atoms with Crippen LogP contribution in [0.4, 0.5) is 0 Å². The molecule has 104 valence electrons. The van der Waals surface area contributed by atoms with Crippen LogP contribution in [-0.4, -0.2) is 43.6 Å². The van der Waals surface area contributed by atoms with Gasteiger partial charge in [-0.05, 0) is 38.1 Å². The Morgan fingerprint density at radius 2 is 2.05 bits per heavy atom. The lowest BCUT2D eigenvalue weighted by Crippen LogP contribution is -2.42. The molecular formula is C11H15N3O4S. The van der Waals surface area contributed by atoms with Crippen molar-refractivity contribution in [1.82, 2.24) is 15.0 Å². The van der Waals surface area contributed by atoms with E-state index in [-0.39, 0.29) is 16.6 Å². The maximum Gasteiger partial charge on any atom is 0.337 e. The third-order valence-electron chi connectivity index (χ3n) is 2.92. The summed E-state index contributed by atoms with van der Waals surface area (Å²) in [7, 11) is -3.68. The molecule has 0 atom stereocenters. The Labute approximate surface area is 111 Å². The van der Waals surface area contributed by atoms with E-state index in [1.54, 1.807) is 0 Å². The largest absolute Gasteiger partial charge is 0.478 e. The molecule has 3 N–H and O–H groups in total. The Hall–Kier alpha value is -1.51. The molecule has 0 spiro atoms. The standard InChI is InChI=1S/C11H15N3O4S/c15-11(16)8-1-2-10(13-7-8)19(17,18)14-9-3-5-12-6-4-9/h1-2,7,9,12,14H,3-6H2,(H,15,16). The molecule has 1 saturated heterocycles. The number of hydrogen-bond donors (Lipinski definition) is 3. The molecule has 7 nitrogen and oxygen atoms in total. The van der Waals surface area contributed by atoms with Crippen molar-refractivity contribution in [3.05, 3.63) is 23.9 Å². The number of hydrogen-bond acceptors (Lipinski definition) is 5. The maximum atomic E-state index is 12.0. The smallest absolute Gasteiger partial charge is 0.337 e. The Kier molecular flexibility index (Phi) is 4.13. The average molecular weight is 285 g/mol. The fraction of sp³-hybridized carbons (Fsp3) is 0.455. The third-order valence-corrected chi connectivity index (χ3v) is 4.36. The Morgan fingerprint density at radius 1 is 1.37 bits per heavy atom. The summed E-state index contributed by atoms with van der Waals surface area (Å²) in [6, 6.07) is 2.33. The normalized spacial score (nSPS) is 17.3. The van der Waals surface area contributed by atoms with Crippen molar-refractivity contribution in [1.29, 1.82) is 0 Å². The summed E-state index contributed by atoms with van der Waals surface area (Å²) in [6.45, 7) is 1.55. The van der Waals surface area contributed by atoms with Crippen molar-refractivity contribution < 1.29 is 18.3 Å². The maximum absolute atomic E-state index is 12.0. The van der Waals surface area contributed by atoms with Gasteiger partial charge in [-0.25, -0.2) is 22.9 Å². The molecule has 0 aromatic carbocycles. The van der Waals surface area contributed by atoms with Crippen LogP contribution in [0, 0.1) is 0 Å². The quantitative estimate of drug-likeness (QED) is 0.707. The number of nitrogens with one attached hydrogen (secondary N) is 2. The van der Waals surface area contributed by atoms with E-state index in [1.807, 2.05) is 0 Å². The predicted octanol–water partition coefficient (Wildman–Crippen LogP) is -0.190. The van der Waals surface area contributed by atoms with Crippen LogP contribution >= 0.6 is 0 Å². The predicted molar refractivity (Wildman–Crippen MR) is 67.4 cm³/mol. The SMILES string of the molecule is O=C(O)c1ccc(S(=O)(=O)NC2CCNCC2)nc1. The molecule has 0 unspecified atom stereocenters. The number of aromatic carboxylic acids is 1. The molecule has 0 bridgehead atoms. The number of aromatic nitrogens is 1. The van der Waals surface area contributed by atoms with Gasteiger partial charge in [0, 0.05) is 12.2 Å². The highest BCUT2D eigenvalue weighted by atomic mass is 32.2. The lowest BCUT2D eigenvalue weighted by atomic mass is 10.1. The molecule has 1 aromatic heterocycles. The second kappa shape index (κ2) is 5.64. The molecule has 1 aliphatic heterocycles. The molecule has 0 saturated carbocycles. The highest BCUT2D eigenvalue weighted by molar-refractivity contribution is 7.89. The second-order valence-corrected chi connectivity index (χ2v) is 6.00. The lowest BCUT2D eigenvalue weighted by Gasteiger charge is -2.23. The minimum atomic E-state index is -3.68. The van der Waals surface area contributed by atoms with Crippen LogP contribution in [-0.2, 0) is 10.0 Å². The molecule has 8 heteroatoms. The fourth-order valence-corrected chi connectivity index (χ4v) is 3.12. The average Bonchev–Trinajstić information content (AvgIpc) is 2.39. The van der Waals surface area contributed by atoms with E-state index in [4.69, 9.17) is 5.11 Å². The number of sulfonamides is 1. The highest BCUT2D eigenvalue weighted by Gasteiger charge is 2.22. The Morgan fingerprint density at radius 3 is 2.58 bits per heavy atom. The van der Waals surface area contributed by atoms with Crippen molar-refractivity contribution in [3.8, 4) is 0 Å². The van der Waals surface area contributed by atoms with Crippen LogP contribution < -0.4 is 10.0 Å². The van der Waals surface area contributed by atoms with Gasteiger partial charge in [-0.1, -0.05) is 0 Å². The van der Waals surface area contributed by atoms with E-state index in [0.717, 1.165) is 32.1 Å². The van der Waals surface area contributed by atoms with Crippen molar-refractivity contribution in [2.24, 2.45) is 0 Å². The summed E-state index contributed by atoms with van der Waals surface area (Å²) in [6.07, 6.45) is 2.50. The molecule has 1 aliphatic rings. The number of piperidine rings is 1. The van der Waals surface area contributed by atoms with Crippen molar-refractivity contribution in [2.75, 3.05) is 13.1 Å². The summed E-state index contributed by atoms with van der Waals surface area (Å²) in [5, 5.41) is 11.7. The minimum Gasteiger partial charge on any atom is -0.478 e. The third kappa shape index (κ3) is 3.49. The summed E-state index contributed by atoms with van der Waals surface area (Å²) in [5.74, 6) is -1.14.